The zero-order chi connectivity index (χ0) is 34.3. The molecule has 0 aromatic heterocycles. The minimum Gasteiger partial charge on any atom is -0.388 e. The van der Waals surface area contributed by atoms with Gasteiger partial charge in [0.1, 0.15) is 24.1 Å². The maximum Gasteiger partial charge on any atom is 0.256 e. The van der Waals surface area contributed by atoms with Crippen molar-refractivity contribution in [1.29, 1.82) is 0 Å². The van der Waals surface area contributed by atoms with E-state index in [1.807, 2.05) is 37.2 Å². The second kappa shape index (κ2) is 19.8. The number of benzene rings is 2. The highest BCUT2D eigenvalue weighted by Crippen LogP contribution is 2.20. The number of rotatable bonds is 11. The predicted molar refractivity (Wildman–Crippen MR) is 181 cm³/mol. The number of halogens is 1. The van der Waals surface area contributed by atoms with Gasteiger partial charge < -0.3 is 39.7 Å². The number of hydrogen-bond donors (Lipinski definition) is 3. The standard InChI is InChI=1S/C36H55FN4O6/c1-26(2)19-29-23-40(36(45)30-15-9-10-16-31(30)37)24-33(46-5)35(44)32(42)25-47-18-12-11-17-41(29)34(43)22-38-21-28(39(3)4)20-27-13-7-6-8-14-27/h6-10,13-16,26,28-29,32-33,35,38,42,44H,11-12,17-25H2,1-5H3/t28?,29-,32-,33-,35-/m1/s1. The fourth-order valence-corrected chi connectivity index (χ4v) is 6.00. The van der Waals surface area contributed by atoms with Crippen LogP contribution in [-0.4, -0.2) is 134 Å². The number of aliphatic hydroxyl groups is 2. The van der Waals surface area contributed by atoms with Crippen LogP contribution < -0.4 is 5.32 Å². The molecule has 1 aliphatic rings. The first kappa shape index (κ1) is 38.5. The van der Waals surface area contributed by atoms with Gasteiger partial charge in [-0.2, -0.15) is 0 Å². The molecular weight excluding hydrogens is 603 g/mol. The van der Waals surface area contributed by atoms with Crippen molar-refractivity contribution in [3.05, 3.63) is 71.5 Å². The van der Waals surface area contributed by atoms with E-state index in [0.717, 1.165) is 6.42 Å². The topological polar surface area (TPSA) is 115 Å². The molecule has 1 heterocycles. The van der Waals surface area contributed by atoms with E-state index in [-0.39, 0.29) is 49.7 Å². The van der Waals surface area contributed by atoms with E-state index in [1.54, 1.807) is 6.07 Å². The van der Waals surface area contributed by atoms with Crippen molar-refractivity contribution in [2.24, 2.45) is 5.92 Å². The Balaban J connectivity index is 1.88. The lowest BCUT2D eigenvalue weighted by molar-refractivity contribution is -0.134. The quantitative estimate of drug-likeness (QED) is 0.338. The zero-order valence-electron chi connectivity index (χ0n) is 28.7. The molecule has 1 aliphatic heterocycles. The first-order valence-electron chi connectivity index (χ1n) is 16.7. The van der Waals surface area contributed by atoms with Gasteiger partial charge in [-0.25, -0.2) is 4.39 Å². The van der Waals surface area contributed by atoms with Crippen LogP contribution in [0.25, 0.3) is 0 Å². The van der Waals surface area contributed by atoms with Crippen molar-refractivity contribution >= 4 is 11.8 Å². The molecule has 262 valence electrons. The Morgan fingerprint density at radius 1 is 1.06 bits per heavy atom. The van der Waals surface area contributed by atoms with Crippen molar-refractivity contribution in [3.63, 3.8) is 0 Å². The lowest BCUT2D eigenvalue weighted by Gasteiger charge is -2.39. The number of methoxy groups -OCH3 is 1. The Kier molecular flexibility index (Phi) is 16.2. The average Bonchev–Trinajstić information content (AvgIpc) is 3.04. The maximum absolute atomic E-state index is 14.9. The molecule has 0 aliphatic carbocycles. The number of aliphatic hydroxyl groups excluding tert-OH is 2. The molecule has 2 aromatic rings. The molecule has 1 fully saturated rings. The number of likely N-dealkylation sites (N-methyl/N-ethyl adjacent to an activating group) is 1. The SMILES string of the molecule is CO[C@@H]1CN(C(=O)c2ccccc2F)C[C@@H](CC(C)C)N(C(=O)CNCC(Cc2ccccc2)N(C)C)CCCCOC[C@@H](O)[C@H]1O. The maximum atomic E-state index is 14.9. The van der Waals surface area contributed by atoms with Crippen molar-refractivity contribution in [1.82, 2.24) is 20.0 Å². The fourth-order valence-electron chi connectivity index (χ4n) is 6.00. The molecule has 11 heteroatoms. The molecule has 0 saturated carbocycles. The Labute approximate surface area is 279 Å². The fraction of sp³-hybridized carbons (Fsp3) is 0.611. The van der Waals surface area contributed by atoms with Gasteiger partial charge in [-0.1, -0.05) is 56.3 Å². The van der Waals surface area contributed by atoms with Gasteiger partial charge in [-0.05, 0) is 63.4 Å². The van der Waals surface area contributed by atoms with E-state index >= 15 is 0 Å². The second-order valence-electron chi connectivity index (χ2n) is 13.1. The summed E-state index contributed by atoms with van der Waals surface area (Å²) in [4.78, 5) is 33.4. The molecule has 3 N–H and O–H groups in total. The molecular formula is C36H55FN4O6. The predicted octanol–water partition coefficient (Wildman–Crippen LogP) is 2.82. The van der Waals surface area contributed by atoms with Gasteiger partial charge >= 0.3 is 0 Å². The number of hydrogen-bond acceptors (Lipinski definition) is 8. The third-order valence-electron chi connectivity index (χ3n) is 8.73. The summed E-state index contributed by atoms with van der Waals surface area (Å²) in [5.74, 6) is -1.14. The van der Waals surface area contributed by atoms with Crippen molar-refractivity contribution < 1.29 is 33.7 Å². The van der Waals surface area contributed by atoms with Crippen molar-refractivity contribution in [2.45, 2.75) is 69.9 Å². The van der Waals surface area contributed by atoms with Gasteiger partial charge in [0.05, 0.1) is 18.7 Å². The molecule has 5 atom stereocenters. The number of carbonyl (C=O) groups is 2. The van der Waals surface area contributed by atoms with Crippen LogP contribution in [0.4, 0.5) is 4.39 Å². The van der Waals surface area contributed by atoms with Crippen molar-refractivity contribution in [2.75, 3.05) is 67.1 Å². The summed E-state index contributed by atoms with van der Waals surface area (Å²) in [7, 11) is 5.45. The van der Waals surface area contributed by atoms with Gasteiger partial charge in [0.25, 0.3) is 5.91 Å². The lowest BCUT2D eigenvalue weighted by atomic mass is 9.99. The second-order valence-corrected chi connectivity index (χ2v) is 13.1. The molecule has 1 unspecified atom stereocenters. The zero-order valence-corrected chi connectivity index (χ0v) is 28.7. The van der Waals surface area contributed by atoms with Gasteiger partial charge in [-0.3, -0.25) is 9.59 Å². The highest BCUT2D eigenvalue weighted by Gasteiger charge is 2.34. The number of nitrogens with zero attached hydrogens (tertiary/aromatic N) is 3. The number of ether oxygens (including phenoxy) is 2. The minimum atomic E-state index is -1.36. The van der Waals surface area contributed by atoms with Gasteiger partial charge in [-0.15, -0.1) is 0 Å². The summed E-state index contributed by atoms with van der Waals surface area (Å²) in [6, 6.07) is 15.8. The molecule has 0 spiro atoms. The third kappa shape index (κ3) is 12.2. The minimum absolute atomic E-state index is 0.0853. The molecule has 2 amide bonds. The summed E-state index contributed by atoms with van der Waals surface area (Å²) < 4.78 is 26.1. The molecule has 47 heavy (non-hydrogen) atoms. The number of amides is 2. The first-order chi connectivity index (χ1) is 22.5. The summed E-state index contributed by atoms with van der Waals surface area (Å²) in [5.41, 5.74) is 1.11. The Hall–Kier alpha value is -2.93. The van der Waals surface area contributed by atoms with E-state index in [4.69, 9.17) is 9.47 Å². The van der Waals surface area contributed by atoms with E-state index in [0.29, 0.717) is 39.0 Å². The Bertz CT molecular complexity index is 1220. The van der Waals surface area contributed by atoms with Gasteiger partial charge in [0.2, 0.25) is 5.91 Å². The summed E-state index contributed by atoms with van der Waals surface area (Å²) in [5, 5.41) is 25.0. The van der Waals surface area contributed by atoms with Gasteiger partial charge in [0, 0.05) is 52.0 Å². The Morgan fingerprint density at radius 2 is 1.77 bits per heavy atom. The van der Waals surface area contributed by atoms with Crippen LogP contribution in [0, 0.1) is 11.7 Å². The average molecular weight is 659 g/mol. The summed E-state index contributed by atoms with van der Waals surface area (Å²) in [6.45, 7) is 5.53. The van der Waals surface area contributed by atoms with Crippen LogP contribution in [0.2, 0.25) is 0 Å². The van der Waals surface area contributed by atoms with Gasteiger partial charge in [0.15, 0.2) is 0 Å². The molecule has 10 nitrogen and oxygen atoms in total. The van der Waals surface area contributed by atoms with Crippen LogP contribution in [0.15, 0.2) is 54.6 Å². The third-order valence-corrected chi connectivity index (χ3v) is 8.73. The molecule has 0 radical (unpaired) electrons. The molecule has 2 aromatic carbocycles. The van der Waals surface area contributed by atoms with E-state index in [1.165, 1.54) is 35.8 Å². The number of nitrogens with one attached hydrogen (secondary N) is 1. The molecule has 0 bridgehead atoms. The highest BCUT2D eigenvalue weighted by molar-refractivity contribution is 5.94. The smallest absolute Gasteiger partial charge is 0.256 e. The largest absolute Gasteiger partial charge is 0.388 e. The Morgan fingerprint density at radius 3 is 2.43 bits per heavy atom. The van der Waals surface area contributed by atoms with E-state index < -0.39 is 36.1 Å². The van der Waals surface area contributed by atoms with E-state index in [2.05, 4.69) is 36.2 Å². The highest BCUT2D eigenvalue weighted by atomic mass is 19.1. The van der Waals surface area contributed by atoms with Crippen LogP contribution in [0.3, 0.4) is 0 Å². The lowest BCUT2D eigenvalue weighted by Crippen LogP contribution is -2.55. The molecule has 1 saturated heterocycles. The molecule has 3 rings (SSSR count). The summed E-state index contributed by atoms with van der Waals surface area (Å²) in [6.07, 6.45) is -0.856. The van der Waals surface area contributed by atoms with Crippen molar-refractivity contribution in [3.8, 4) is 0 Å². The van der Waals surface area contributed by atoms with Crippen LogP contribution in [0.5, 0.6) is 0 Å². The monoisotopic (exact) mass is 658 g/mol. The number of carbonyl (C=O) groups excluding carboxylic acids is 2. The normalized spacial score (nSPS) is 22.7. The van der Waals surface area contributed by atoms with Crippen LogP contribution in [0.1, 0.15) is 49.0 Å². The first-order valence-corrected chi connectivity index (χ1v) is 16.7. The van der Waals surface area contributed by atoms with E-state index in [9.17, 15) is 24.2 Å². The van der Waals surface area contributed by atoms with Crippen LogP contribution in [-0.2, 0) is 20.7 Å². The van der Waals surface area contributed by atoms with Crippen LogP contribution >= 0.6 is 0 Å². The summed E-state index contributed by atoms with van der Waals surface area (Å²) >= 11 is 0.